The van der Waals surface area contributed by atoms with Crippen molar-refractivity contribution in [2.24, 2.45) is 16.8 Å². The Morgan fingerprint density at radius 1 is 1.30 bits per heavy atom. The topological polar surface area (TPSA) is 54.2 Å². The molecule has 1 atom stereocenters. The van der Waals surface area contributed by atoms with Crippen LogP contribution in [0.15, 0.2) is 17.4 Å². The molecule has 0 aliphatic heterocycles. The molecule has 1 heterocycles. The Labute approximate surface area is 122 Å². The lowest BCUT2D eigenvalue weighted by Gasteiger charge is -2.21. The lowest BCUT2D eigenvalue weighted by molar-refractivity contribution is 0.477. The normalized spacial score (nSPS) is 13.9. The number of imidazole rings is 1. The summed E-state index contributed by atoms with van der Waals surface area (Å²) in [6.07, 6.45) is 3.89. The lowest BCUT2D eigenvalue weighted by Crippen LogP contribution is -2.44. The molecule has 2 N–H and O–H groups in total. The summed E-state index contributed by atoms with van der Waals surface area (Å²) in [5, 5.41) is 6.72. The number of nitrogens with zero attached hydrogens (tertiary/aromatic N) is 3. The summed E-state index contributed by atoms with van der Waals surface area (Å²) < 4.78 is 2.19. The van der Waals surface area contributed by atoms with Crippen LogP contribution in [0, 0.1) is 11.8 Å². The predicted octanol–water partition coefficient (Wildman–Crippen LogP) is 2.25. The maximum Gasteiger partial charge on any atom is 0.191 e. The molecule has 0 aliphatic rings. The van der Waals surface area contributed by atoms with E-state index in [1.807, 2.05) is 12.4 Å². The predicted molar refractivity (Wildman–Crippen MR) is 84.7 cm³/mol. The van der Waals surface area contributed by atoms with Crippen molar-refractivity contribution >= 4 is 5.96 Å². The van der Waals surface area contributed by atoms with E-state index in [1.165, 1.54) is 0 Å². The number of aliphatic imine (C=N–C) groups is 1. The highest BCUT2D eigenvalue weighted by Crippen LogP contribution is 2.04. The van der Waals surface area contributed by atoms with Crippen LogP contribution in [0.4, 0.5) is 0 Å². The van der Waals surface area contributed by atoms with Crippen LogP contribution in [0.1, 0.15) is 40.4 Å². The van der Waals surface area contributed by atoms with Gasteiger partial charge in [0.25, 0.3) is 0 Å². The van der Waals surface area contributed by atoms with Crippen molar-refractivity contribution in [1.29, 1.82) is 0 Å². The first kappa shape index (κ1) is 16.5. The quantitative estimate of drug-likeness (QED) is 0.620. The fourth-order valence-electron chi connectivity index (χ4n) is 1.81. The highest BCUT2D eigenvalue weighted by Gasteiger charge is 2.10. The zero-order chi connectivity index (χ0) is 15.1. The van der Waals surface area contributed by atoms with E-state index in [9.17, 15) is 0 Å². The summed E-state index contributed by atoms with van der Waals surface area (Å²) in [6.45, 7) is 12.7. The summed E-state index contributed by atoms with van der Waals surface area (Å²) in [7, 11) is 1.79. The van der Waals surface area contributed by atoms with Gasteiger partial charge in [0.05, 0.1) is 6.54 Å². The fraction of sp³-hybridized carbons (Fsp3) is 0.733. The molecule has 1 aromatic rings. The Hall–Kier alpha value is -1.52. The first-order valence-electron chi connectivity index (χ1n) is 7.41. The molecule has 0 saturated heterocycles. The van der Waals surface area contributed by atoms with Gasteiger partial charge in [-0.25, -0.2) is 4.98 Å². The van der Waals surface area contributed by atoms with E-state index in [2.05, 4.69) is 59.8 Å². The second-order valence-corrected chi connectivity index (χ2v) is 5.99. The Kier molecular flexibility index (Phi) is 6.55. The number of nitrogens with one attached hydrogen (secondary N) is 2. The van der Waals surface area contributed by atoms with Gasteiger partial charge >= 0.3 is 0 Å². The fourth-order valence-corrected chi connectivity index (χ4v) is 1.81. The van der Waals surface area contributed by atoms with Crippen LogP contribution in [-0.4, -0.2) is 28.6 Å². The molecule has 0 radical (unpaired) electrons. The first-order valence-corrected chi connectivity index (χ1v) is 7.41. The van der Waals surface area contributed by atoms with Crippen LogP contribution in [0.25, 0.3) is 0 Å². The van der Waals surface area contributed by atoms with Crippen molar-refractivity contribution in [3.8, 4) is 0 Å². The van der Waals surface area contributed by atoms with Gasteiger partial charge in [0.1, 0.15) is 5.82 Å². The molecule has 1 rings (SSSR count). The monoisotopic (exact) mass is 279 g/mol. The highest BCUT2D eigenvalue weighted by atomic mass is 15.2. The van der Waals surface area contributed by atoms with Crippen LogP contribution in [0.3, 0.4) is 0 Å². The van der Waals surface area contributed by atoms with Crippen molar-refractivity contribution in [3.63, 3.8) is 0 Å². The molecule has 0 bridgehead atoms. The second kappa shape index (κ2) is 7.92. The van der Waals surface area contributed by atoms with Gasteiger partial charge in [0.15, 0.2) is 5.96 Å². The Balaban J connectivity index is 2.55. The van der Waals surface area contributed by atoms with Crippen LogP contribution < -0.4 is 10.6 Å². The van der Waals surface area contributed by atoms with Gasteiger partial charge in [0.2, 0.25) is 0 Å². The van der Waals surface area contributed by atoms with Gasteiger partial charge in [-0.05, 0) is 18.8 Å². The molecule has 0 amide bonds. The number of aromatic nitrogens is 2. The molecule has 20 heavy (non-hydrogen) atoms. The average Bonchev–Trinajstić information content (AvgIpc) is 2.80. The minimum absolute atomic E-state index is 0.386. The molecule has 1 aromatic heterocycles. The summed E-state index contributed by atoms with van der Waals surface area (Å²) >= 11 is 0. The highest BCUT2D eigenvalue weighted by molar-refractivity contribution is 5.79. The zero-order valence-corrected chi connectivity index (χ0v) is 13.6. The largest absolute Gasteiger partial charge is 0.354 e. The minimum atomic E-state index is 0.386. The van der Waals surface area contributed by atoms with E-state index < -0.39 is 0 Å². The van der Waals surface area contributed by atoms with Gasteiger partial charge in [-0.3, -0.25) is 4.99 Å². The Morgan fingerprint density at radius 2 is 2.00 bits per heavy atom. The number of hydrogen-bond acceptors (Lipinski definition) is 2. The second-order valence-electron chi connectivity index (χ2n) is 5.99. The van der Waals surface area contributed by atoms with E-state index in [1.54, 1.807) is 7.05 Å². The molecule has 5 heteroatoms. The molecule has 0 fully saturated rings. The molecule has 0 aliphatic carbocycles. The maximum atomic E-state index is 4.41. The van der Waals surface area contributed by atoms with Gasteiger partial charge in [0, 0.05) is 32.0 Å². The Bertz CT molecular complexity index is 420. The van der Waals surface area contributed by atoms with Crippen molar-refractivity contribution < 1.29 is 0 Å². The standard InChI is InChI=1S/C15H29N5/c1-11(2)10-20-8-7-17-14(20)9-18-15(16-6)19-13(5)12(3)4/h7-8,11-13H,9-10H2,1-6H3,(H2,16,18,19). The molecular weight excluding hydrogens is 250 g/mol. The Morgan fingerprint density at radius 3 is 2.55 bits per heavy atom. The van der Waals surface area contributed by atoms with Crippen LogP contribution in [0.5, 0.6) is 0 Å². The molecular formula is C15H29N5. The van der Waals surface area contributed by atoms with E-state index in [-0.39, 0.29) is 0 Å². The molecule has 1 unspecified atom stereocenters. The zero-order valence-electron chi connectivity index (χ0n) is 13.6. The van der Waals surface area contributed by atoms with Gasteiger partial charge in [-0.1, -0.05) is 27.7 Å². The van der Waals surface area contributed by atoms with Crippen LogP contribution >= 0.6 is 0 Å². The van der Waals surface area contributed by atoms with Gasteiger partial charge < -0.3 is 15.2 Å². The van der Waals surface area contributed by atoms with Gasteiger partial charge in [-0.15, -0.1) is 0 Å². The van der Waals surface area contributed by atoms with Crippen molar-refractivity contribution in [2.75, 3.05) is 7.05 Å². The molecule has 114 valence electrons. The van der Waals surface area contributed by atoms with Crippen molar-refractivity contribution in [1.82, 2.24) is 20.2 Å². The van der Waals surface area contributed by atoms with Gasteiger partial charge in [-0.2, -0.15) is 0 Å². The van der Waals surface area contributed by atoms with E-state index >= 15 is 0 Å². The maximum absolute atomic E-state index is 4.41. The summed E-state index contributed by atoms with van der Waals surface area (Å²) in [5.74, 6) is 3.04. The molecule has 0 spiro atoms. The van der Waals surface area contributed by atoms with Crippen molar-refractivity contribution in [2.45, 2.75) is 53.8 Å². The third-order valence-electron chi connectivity index (χ3n) is 3.37. The molecule has 5 nitrogen and oxygen atoms in total. The van der Waals surface area contributed by atoms with Crippen molar-refractivity contribution in [3.05, 3.63) is 18.2 Å². The summed E-state index contributed by atoms with van der Waals surface area (Å²) in [4.78, 5) is 8.67. The van der Waals surface area contributed by atoms with E-state index in [0.717, 1.165) is 18.3 Å². The van der Waals surface area contributed by atoms with E-state index in [0.29, 0.717) is 24.4 Å². The summed E-state index contributed by atoms with van der Waals surface area (Å²) in [6, 6.07) is 0.386. The molecule has 0 aromatic carbocycles. The third kappa shape index (κ3) is 5.23. The summed E-state index contributed by atoms with van der Waals surface area (Å²) in [5.41, 5.74) is 0. The number of guanidine groups is 1. The first-order chi connectivity index (χ1) is 9.43. The molecule has 0 saturated carbocycles. The number of rotatable bonds is 6. The van der Waals surface area contributed by atoms with Crippen LogP contribution in [-0.2, 0) is 13.1 Å². The smallest absolute Gasteiger partial charge is 0.191 e. The van der Waals surface area contributed by atoms with Crippen LogP contribution in [0.2, 0.25) is 0 Å². The lowest BCUT2D eigenvalue weighted by atomic mass is 10.1. The van der Waals surface area contributed by atoms with E-state index in [4.69, 9.17) is 0 Å². The average molecular weight is 279 g/mol. The SMILES string of the molecule is CN=C(NCc1nccn1CC(C)C)NC(C)C(C)C. The third-order valence-corrected chi connectivity index (χ3v) is 3.37. The minimum Gasteiger partial charge on any atom is -0.354 e. The number of hydrogen-bond donors (Lipinski definition) is 2.